The predicted molar refractivity (Wildman–Crippen MR) is 120 cm³/mol. The van der Waals surface area contributed by atoms with Gasteiger partial charge in [0.15, 0.2) is 0 Å². The molecule has 0 aromatic heterocycles. The molecule has 2 aromatic rings. The smallest absolute Gasteiger partial charge is 0.255 e. The second-order valence-corrected chi connectivity index (χ2v) is 8.80. The van der Waals surface area contributed by atoms with Gasteiger partial charge in [-0.2, -0.15) is 0 Å². The minimum Gasteiger partial charge on any atom is -0.384 e. The Bertz CT molecular complexity index is 1020. The van der Waals surface area contributed by atoms with E-state index in [-0.39, 0.29) is 5.91 Å². The molecule has 0 fully saturated rings. The van der Waals surface area contributed by atoms with Gasteiger partial charge >= 0.3 is 0 Å². The third-order valence-corrected chi connectivity index (χ3v) is 6.87. The standard InChI is InChI=1S/C26H28N2O/c1-16-8-5-10-20(16)22-13-19(26(29)28-24-12-4-3-7-17(24)2)14-23-21-11-6-9-18(21)15-27-25(22)23/h3-7,10-14,16,18,20-21,27H,8-9,15H2,1-2H3,(H,28,29). The van der Waals surface area contributed by atoms with E-state index < -0.39 is 0 Å². The van der Waals surface area contributed by atoms with Crippen molar-refractivity contribution < 1.29 is 4.79 Å². The van der Waals surface area contributed by atoms with Crippen LogP contribution in [-0.4, -0.2) is 12.5 Å². The summed E-state index contributed by atoms with van der Waals surface area (Å²) in [6.45, 7) is 5.34. The monoisotopic (exact) mass is 384 g/mol. The van der Waals surface area contributed by atoms with Crippen LogP contribution >= 0.6 is 0 Å². The van der Waals surface area contributed by atoms with Gasteiger partial charge in [-0.1, -0.05) is 49.4 Å². The molecule has 3 heteroatoms. The van der Waals surface area contributed by atoms with E-state index in [1.165, 1.54) is 16.8 Å². The zero-order valence-corrected chi connectivity index (χ0v) is 17.1. The van der Waals surface area contributed by atoms with E-state index >= 15 is 0 Å². The van der Waals surface area contributed by atoms with Crippen molar-refractivity contribution >= 4 is 17.3 Å². The zero-order valence-electron chi connectivity index (χ0n) is 17.1. The predicted octanol–water partition coefficient (Wildman–Crippen LogP) is 6.01. The second kappa shape index (κ2) is 7.22. The lowest BCUT2D eigenvalue weighted by atomic mass is 9.79. The number of para-hydroxylation sites is 1. The lowest BCUT2D eigenvalue weighted by Gasteiger charge is -2.33. The third-order valence-electron chi connectivity index (χ3n) is 6.87. The van der Waals surface area contributed by atoms with Crippen LogP contribution < -0.4 is 10.6 Å². The molecule has 2 N–H and O–H groups in total. The zero-order chi connectivity index (χ0) is 20.0. The SMILES string of the molecule is Cc1ccccc1NC(=O)c1cc(C2C=CCC2C)c2c(c1)C1C=CCC1CN2. The fourth-order valence-corrected chi connectivity index (χ4v) is 5.15. The van der Waals surface area contributed by atoms with E-state index in [2.05, 4.69) is 54.0 Å². The Balaban J connectivity index is 1.58. The van der Waals surface area contributed by atoms with E-state index in [0.29, 0.717) is 23.7 Å². The number of anilines is 2. The average Bonchev–Trinajstić information content (AvgIpc) is 3.37. The molecule has 3 aliphatic rings. The molecule has 1 heterocycles. The van der Waals surface area contributed by atoms with Crippen LogP contribution in [0.5, 0.6) is 0 Å². The number of carbonyl (C=O) groups is 1. The first-order chi connectivity index (χ1) is 14.1. The van der Waals surface area contributed by atoms with Gasteiger partial charge in [-0.15, -0.1) is 0 Å². The summed E-state index contributed by atoms with van der Waals surface area (Å²) in [5.74, 6) is 1.91. The van der Waals surface area contributed by atoms with Crippen LogP contribution in [0.2, 0.25) is 0 Å². The van der Waals surface area contributed by atoms with Gasteiger partial charge in [-0.3, -0.25) is 4.79 Å². The first-order valence-electron chi connectivity index (χ1n) is 10.7. The number of carbonyl (C=O) groups excluding carboxylic acids is 1. The Morgan fingerprint density at radius 3 is 2.52 bits per heavy atom. The number of allylic oxidation sites excluding steroid dienone is 4. The van der Waals surface area contributed by atoms with Gasteiger partial charge in [0.2, 0.25) is 0 Å². The van der Waals surface area contributed by atoms with Crippen molar-refractivity contribution in [3.05, 3.63) is 83.0 Å². The topological polar surface area (TPSA) is 41.1 Å². The van der Waals surface area contributed by atoms with Crippen LogP contribution in [0.15, 0.2) is 60.7 Å². The maximum absolute atomic E-state index is 13.2. The third kappa shape index (κ3) is 3.19. The summed E-state index contributed by atoms with van der Waals surface area (Å²) in [6.07, 6.45) is 11.5. The van der Waals surface area contributed by atoms with Crippen molar-refractivity contribution in [1.82, 2.24) is 0 Å². The summed E-state index contributed by atoms with van der Waals surface area (Å²) >= 11 is 0. The molecule has 0 saturated carbocycles. The van der Waals surface area contributed by atoms with Crippen molar-refractivity contribution in [2.75, 3.05) is 17.2 Å². The molecule has 29 heavy (non-hydrogen) atoms. The molecule has 0 bridgehead atoms. The number of benzene rings is 2. The van der Waals surface area contributed by atoms with Crippen molar-refractivity contribution in [3.63, 3.8) is 0 Å². The highest BCUT2D eigenvalue weighted by Crippen LogP contribution is 2.47. The Morgan fingerprint density at radius 2 is 1.76 bits per heavy atom. The highest BCUT2D eigenvalue weighted by molar-refractivity contribution is 6.05. The second-order valence-electron chi connectivity index (χ2n) is 8.80. The number of rotatable bonds is 3. The molecule has 2 aliphatic carbocycles. The minimum atomic E-state index is -0.0259. The van der Waals surface area contributed by atoms with Crippen LogP contribution in [0.1, 0.15) is 58.6 Å². The average molecular weight is 385 g/mol. The quantitative estimate of drug-likeness (QED) is 0.636. The molecular weight excluding hydrogens is 356 g/mol. The van der Waals surface area contributed by atoms with Gasteiger partial charge in [-0.25, -0.2) is 0 Å². The Morgan fingerprint density at radius 1 is 1.03 bits per heavy atom. The molecule has 0 radical (unpaired) electrons. The van der Waals surface area contributed by atoms with E-state index in [1.807, 2.05) is 31.2 Å². The van der Waals surface area contributed by atoms with Crippen LogP contribution in [0.3, 0.4) is 0 Å². The summed E-state index contributed by atoms with van der Waals surface area (Å²) in [6, 6.07) is 12.2. The number of amides is 1. The minimum absolute atomic E-state index is 0.0259. The van der Waals surface area contributed by atoms with E-state index in [1.54, 1.807) is 0 Å². The first-order valence-corrected chi connectivity index (χ1v) is 10.7. The van der Waals surface area contributed by atoms with Gasteiger partial charge in [0.1, 0.15) is 0 Å². The van der Waals surface area contributed by atoms with Gasteiger partial charge in [0, 0.05) is 35.3 Å². The summed E-state index contributed by atoms with van der Waals surface area (Å²) in [5.41, 5.74) is 6.53. The highest BCUT2D eigenvalue weighted by Gasteiger charge is 2.34. The summed E-state index contributed by atoms with van der Waals surface area (Å²) < 4.78 is 0. The van der Waals surface area contributed by atoms with Crippen LogP contribution in [0, 0.1) is 18.8 Å². The fourth-order valence-electron chi connectivity index (χ4n) is 5.15. The molecule has 5 rings (SSSR count). The van der Waals surface area contributed by atoms with Crippen molar-refractivity contribution in [1.29, 1.82) is 0 Å². The molecule has 148 valence electrons. The number of nitrogens with one attached hydrogen (secondary N) is 2. The maximum Gasteiger partial charge on any atom is 0.255 e. The first kappa shape index (κ1) is 18.2. The summed E-state index contributed by atoms with van der Waals surface area (Å²) in [5, 5.41) is 6.85. The normalized spacial score (nSPS) is 26.7. The largest absolute Gasteiger partial charge is 0.384 e. The van der Waals surface area contributed by atoms with Crippen LogP contribution in [0.25, 0.3) is 0 Å². The molecule has 0 saturated heterocycles. The van der Waals surface area contributed by atoms with Gasteiger partial charge in [0.05, 0.1) is 0 Å². The van der Waals surface area contributed by atoms with Crippen molar-refractivity contribution in [2.45, 2.75) is 38.5 Å². The Kier molecular flexibility index (Phi) is 4.54. The van der Waals surface area contributed by atoms with Gasteiger partial charge in [0.25, 0.3) is 5.91 Å². The highest BCUT2D eigenvalue weighted by atomic mass is 16.1. The van der Waals surface area contributed by atoms with Crippen LogP contribution in [0.4, 0.5) is 11.4 Å². The molecular formula is C26H28N2O. The lowest BCUT2D eigenvalue weighted by Crippen LogP contribution is -2.27. The number of hydrogen-bond acceptors (Lipinski definition) is 2. The molecule has 0 spiro atoms. The molecule has 2 aromatic carbocycles. The fraction of sp³-hybridized carbons (Fsp3) is 0.346. The van der Waals surface area contributed by atoms with E-state index in [4.69, 9.17) is 0 Å². The van der Waals surface area contributed by atoms with Gasteiger partial charge < -0.3 is 10.6 Å². The number of aryl methyl sites for hydroxylation is 1. The van der Waals surface area contributed by atoms with E-state index in [9.17, 15) is 4.79 Å². The summed E-state index contributed by atoms with van der Waals surface area (Å²) in [7, 11) is 0. The van der Waals surface area contributed by atoms with Crippen LogP contribution in [-0.2, 0) is 0 Å². The van der Waals surface area contributed by atoms with Gasteiger partial charge in [-0.05, 0) is 66.5 Å². The molecule has 4 unspecified atom stereocenters. The van der Waals surface area contributed by atoms with Crippen molar-refractivity contribution in [3.8, 4) is 0 Å². The lowest BCUT2D eigenvalue weighted by molar-refractivity contribution is 0.102. The Hall–Kier alpha value is -2.81. The molecule has 1 aliphatic heterocycles. The summed E-state index contributed by atoms with van der Waals surface area (Å²) in [4.78, 5) is 13.2. The molecule has 3 nitrogen and oxygen atoms in total. The van der Waals surface area contributed by atoms with Crippen molar-refractivity contribution in [2.24, 2.45) is 11.8 Å². The number of hydrogen-bond donors (Lipinski definition) is 2. The Labute approximate surface area is 172 Å². The molecule has 4 atom stereocenters. The van der Waals surface area contributed by atoms with E-state index in [0.717, 1.165) is 36.2 Å². The maximum atomic E-state index is 13.2. The number of fused-ring (bicyclic) bond motifs is 3. The molecule has 1 amide bonds.